The Bertz CT molecular complexity index is 640. The highest BCUT2D eigenvalue weighted by Crippen LogP contribution is 2.48. The van der Waals surface area contributed by atoms with Crippen LogP contribution in [0.2, 0.25) is 0 Å². The van der Waals surface area contributed by atoms with E-state index in [0.717, 1.165) is 25.7 Å². The second-order valence-corrected chi connectivity index (χ2v) is 5.83. The number of benzene rings is 1. The quantitative estimate of drug-likeness (QED) is 0.280. The first-order valence-corrected chi connectivity index (χ1v) is 7.68. The van der Waals surface area contributed by atoms with Gasteiger partial charge < -0.3 is 9.47 Å². The van der Waals surface area contributed by atoms with Crippen molar-refractivity contribution in [3.8, 4) is 17.6 Å². The lowest BCUT2D eigenvalue weighted by Gasteiger charge is -2.06. The summed E-state index contributed by atoms with van der Waals surface area (Å²) in [5.41, 5.74) is 0.552. The van der Waals surface area contributed by atoms with Gasteiger partial charge in [-0.2, -0.15) is 0 Å². The zero-order valence-corrected chi connectivity index (χ0v) is 12.6. The van der Waals surface area contributed by atoms with Crippen LogP contribution in [-0.4, -0.2) is 17.2 Å². The van der Waals surface area contributed by atoms with E-state index in [4.69, 9.17) is 9.47 Å². The summed E-state index contributed by atoms with van der Waals surface area (Å²) in [4.78, 5) is 21.9. The number of carbonyl (C=O) groups excluding carboxylic acids is 1. The van der Waals surface area contributed by atoms with Gasteiger partial charge in [-0.1, -0.05) is 0 Å². The molecule has 120 valence electrons. The van der Waals surface area contributed by atoms with Gasteiger partial charge >= 0.3 is 6.16 Å². The molecule has 1 aromatic carbocycles. The number of nitrogens with zero attached hydrogens (tertiary/aromatic N) is 1. The summed E-state index contributed by atoms with van der Waals surface area (Å²) in [5.74, 6) is 7.34. The maximum absolute atomic E-state index is 11.9. The maximum Gasteiger partial charge on any atom is 0.514 e. The molecule has 23 heavy (non-hydrogen) atoms. The van der Waals surface area contributed by atoms with E-state index in [1.54, 1.807) is 12.1 Å². The second kappa shape index (κ2) is 6.69. The molecule has 1 saturated carbocycles. The maximum atomic E-state index is 11.9. The van der Waals surface area contributed by atoms with Gasteiger partial charge in [0.05, 0.1) is 0 Å². The highest BCUT2D eigenvalue weighted by Gasteiger charge is 2.52. The molecule has 0 spiro atoms. The van der Waals surface area contributed by atoms with Crippen LogP contribution < -0.4 is 4.74 Å². The van der Waals surface area contributed by atoms with E-state index >= 15 is 0 Å². The van der Waals surface area contributed by atoms with E-state index in [-0.39, 0.29) is 12.6 Å². The van der Waals surface area contributed by atoms with Crippen molar-refractivity contribution in [2.45, 2.75) is 38.3 Å². The topological polar surface area (TPSA) is 78.7 Å². The third-order valence-electron chi connectivity index (χ3n) is 4.25. The summed E-state index contributed by atoms with van der Waals surface area (Å²) in [6, 6.07) is 6.19. The van der Waals surface area contributed by atoms with Crippen molar-refractivity contribution in [3.63, 3.8) is 0 Å². The Morgan fingerprint density at radius 1 is 1.17 bits per heavy atom. The SMILES string of the molecule is O=C(Oc1ccc(C[N+](=O)[O-])cc1)O[C@@H]1[C@@H]2CCC#CCC[C@@H]21. The molecule has 0 unspecified atom stereocenters. The first-order chi connectivity index (χ1) is 11.1. The largest absolute Gasteiger partial charge is 0.514 e. The van der Waals surface area contributed by atoms with Crippen LogP contribution in [0, 0.1) is 33.8 Å². The molecular formula is C17H17NO5. The molecule has 0 heterocycles. The molecule has 2 aliphatic carbocycles. The van der Waals surface area contributed by atoms with Crippen LogP contribution in [-0.2, 0) is 11.3 Å². The zero-order chi connectivity index (χ0) is 16.2. The fourth-order valence-corrected chi connectivity index (χ4v) is 3.04. The smallest absolute Gasteiger partial charge is 0.430 e. The predicted octanol–water partition coefficient (Wildman–Crippen LogP) is 3.17. The first kappa shape index (κ1) is 15.3. The minimum absolute atomic E-state index is 0.0713. The molecule has 0 bridgehead atoms. The molecule has 0 N–H and O–H groups in total. The molecule has 1 aromatic rings. The molecule has 0 amide bonds. The van der Waals surface area contributed by atoms with Crippen LogP contribution >= 0.6 is 0 Å². The van der Waals surface area contributed by atoms with Crippen molar-refractivity contribution in [3.05, 3.63) is 39.9 Å². The molecule has 0 radical (unpaired) electrons. The van der Waals surface area contributed by atoms with E-state index < -0.39 is 11.1 Å². The van der Waals surface area contributed by atoms with Gasteiger partial charge in [-0.15, -0.1) is 11.8 Å². The van der Waals surface area contributed by atoms with E-state index in [2.05, 4.69) is 11.8 Å². The molecule has 6 heteroatoms. The lowest BCUT2D eigenvalue weighted by Crippen LogP contribution is -2.13. The Morgan fingerprint density at radius 3 is 2.35 bits per heavy atom. The number of ether oxygens (including phenoxy) is 2. The normalized spacial score (nSPS) is 25.0. The number of carbonyl (C=O) groups is 1. The van der Waals surface area contributed by atoms with Gasteiger partial charge in [0.1, 0.15) is 11.9 Å². The number of hydrogen-bond donors (Lipinski definition) is 0. The Hall–Kier alpha value is -2.55. The van der Waals surface area contributed by atoms with Gasteiger partial charge in [0.25, 0.3) is 0 Å². The molecule has 1 fully saturated rings. The van der Waals surface area contributed by atoms with Crippen molar-refractivity contribution in [1.82, 2.24) is 0 Å². The van der Waals surface area contributed by atoms with Crippen molar-refractivity contribution in [2.75, 3.05) is 0 Å². The number of rotatable bonds is 4. The number of fused-ring (bicyclic) bond motifs is 1. The second-order valence-electron chi connectivity index (χ2n) is 5.83. The van der Waals surface area contributed by atoms with Crippen molar-refractivity contribution in [2.24, 2.45) is 11.8 Å². The standard InChI is InChI=1S/C17H17NO5/c19-17(22-13-9-7-12(8-10-13)11-18(20)21)23-16-14-5-3-1-2-4-6-15(14)16/h7-10,14-16H,3-6,11H2/t14-,15+,16-. The van der Waals surface area contributed by atoms with Gasteiger partial charge in [-0.25, -0.2) is 4.79 Å². The molecule has 2 aliphatic rings. The summed E-state index contributed by atoms with van der Waals surface area (Å²) in [6.07, 6.45) is 2.85. The molecule has 3 atom stereocenters. The monoisotopic (exact) mass is 315 g/mol. The summed E-state index contributed by atoms with van der Waals surface area (Å²) < 4.78 is 10.5. The van der Waals surface area contributed by atoms with Crippen LogP contribution in [0.1, 0.15) is 31.2 Å². The number of hydrogen-bond acceptors (Lipinski definition) is 5. The van der Waals surface area contributed by atoms with Gasteiger partial charge in [0.2, 0.25) is 6.54 Å². The van der Waals surface area contributed by atoms with Crippen molar-refractivity contribution < 1.29 is 19.2 Å². The molecule has 0 aliphatic heterocycles. The lowest BCUT2D eigenvalue weighted by atomic mass is 10.1. The fraction of sp³-hybridized carbons (Fsp3) is 0.471. The third kappa shape index (κ3) is 4.01. The zero-order valence-electron chi connectivity index (χ0n) is 12.6. The van der Waals surface area contributed by atoms with Gasteiger partial charge in [-0.05, 0) is 37.1 Å². The molecular weight excluding hydrogens is 298 g/mol. The van der Waals surface area contributed by atoms with Crippen LogP contribution in [0.4, 0.5) is 4.79 Å². The van der Waals surface area contributed by atoms with Crippen molar-refractivity contribution in [1.29, 1.82) is 0 Å². The van der Waals surface area contributed by atoms with Crippen LogP contribution in [0.3, 0.4) is 0 Å². The molecule has 6 nitrogen and oxygen atoms in total. The Balaban J connectivity index is 1.49. The lowest BCUT2D eigenvalue weighted by molar-refractivity contribution is -0.496. The third-order valence-corrected chi connectivity index (χ3v) is 4.25. The average Bonchev–Trinajstić information content (AvgIpc) is 3.09. The van der Waals surface area contributed by atoms with E-state index in [1.807, 2.05) is 0 Å². The molecule has 3 rings (SSSR count). The Labute approximate surface area is 133 Å². The summed E-state index contributed by atoms with van der Waals surface area (Å²) >= 11 is 0. The molecule has 0 aromatic heterocycles. The fourth-order valence-electron chi connectivity index (χ4n) is 3.04. The van der Waals surface area contributed by atoms with E-state index in [1.165, 1.54) is 12.1 Å². The Kier molecular flexibility index (Phi) is 4.47. The summed E-state index contributed by atoms with van der Waals surface area (Å²) in [5, 5.41) is 10.4. The number of nitro groups is 1. The highest BCUT2D eigenvalue weighted by atomic mass is 16.7. The van der Waals surface area contributed by atoms with Gasteiger partial charge in [0.15, 0.2) is 0 Å². The minimum atomic E-state index is -0.718. The van der Waals surface area contributed by atoms with Gasteiger partial charge in [-0.3, -0.25) is 10.1 Å². The summed E-state index contributed by atoms with van der Waals surface area (Å²) in [7, 11) is 0. The molecule has 0 saturated heterocycles. The highest BCUT2D eigenvalue weighted by molar-refractivity contribution is 5.64. The average molecular weight is 315 g/mol. The van der Waals surface area contributed by atoms with Gasteiger partial charge in [0, 0.05) is 35.2 Å². The minimum Gasteiger partial charge on any atom is -0.430 e. The van der Waals surface area contributed by atoms with Crippen LogP contribution in [0.15, 0.2) is 24.3 Å². The Morgan fingerprint density at radius 2 is 1.78 bits per heavy atom. The van der Waals surface area contributed by atoms with Crippen molar-refractivity contribution >= 4 is 6.16 Å². The summed E-state index contributed by atoms with van der Waals surface area (Å²) in [6.45, 7) is -0.252. The first-order valence-electron chi connectivity index (χ1n) is 7.68. The van der Waals surface area contributed by atoms with E-state index in [9.17, 15) is 14.9 Å². The van der Waals surface area contributed by atoms with E-state index in [0.29, 0.717) is 23.1 Å². The predicted molar refractivity (Wildman–Crippen MR) is 81.3 cm³/mol. The van der Waals surface area contributed by atoms with Crippen LogP contribution in [0.25, 0.3) is 0 Å². The van der Waals surface area contributed by atoms with Crippen LogP contribution in [0.5, 0.6) is 5.75 Å².